The smallest absolute Gasteiger partial charge is 0.231 e. The van der Waals surface area contributed by atoms with E-state index in [-0.39, 0.29) is 18.0 Å². The molecule has 1 fully saturated rings. The molecule has 0 radical (unpaired) electrons. The quantitative estimate of drug-likeness (QED) is 0.780. The minimum Gasteiger partial charge on any atom is -0.481 e. The van der Waals surface area contributed by atoms with Crippen molar-refractivity contribution >= 4 is 18.5 Å². The van der Waals surface area contributed by atoms with Crippen LogP contribution in [0.15, 0.2) is 18.2 Å². The van der Waals surface area contributed by atoms with Crippen molar-refractivity contribution in [2.45, 2.75) is 12.0 Å². The van der Waals surface area contributed by atoms with E-state index in [1.54, 1.807) is 0 Å². The highest BCUT2D eigenvalue weighted by atomic mass is 35.5. The van der Waals surface area contributed by atoms with Crippen molar-refractivity contribution in [3.63, 3.8) is 0 Å². The van der Waals surface area contributed by atoms with Gasteiger partial charge in [-0.25, -0.2) is 0 Å². The monoisotopic (exact) mass is 267 g/mol. The molecule has 1 spiro atoms. The second-order valence-electron chi connectivity index (χ2n) is 4.67. The van der Waals surface area contributed by atoms with Crippen LogP contribution in [0.5, 0.6) is 17.2 Å². The molecule has 3 aliphatic rings. The van der Waals surface area contributed by atoms with Crippen LogP contribution in [-0.4, -0.2) is 25.5 Å². The fourth-order valence-electron chi connectivity index (χ4n) is 2.57. The average molecular weight is 268 g/mol. The topological polar surface area (TPSA) is 39.7 Å². The first-order chi connectivity index (χ1) is 8.35. The fraction of sp³-hybridized carbons (Fsp3) is 0.385. The number of hydrogen-bond donors (Lipinski definition) is 1. The Morgan fingerprint density at radius 1 is 1.11 bits per heavy atom. The van der Waals surface area contributed by atoms with E-state index in [2.05, 4.69) is 17.5 Å². The van der Waals surface area contributed by atoms with Gasteiger partial charge in [0.2, 0.25) is 6.79 Å². The molecule has 3 heterocycles. The van der Waals surface area contributed by atoms with Gasteiger partial charge in [0.25, 0.3) is 0 Å². The van der Waals surface area contributed by atoms with Crippen molar-refractivity contribution in [3.05, 3.63) is 23.8 Å². The maximum atomic E-state index is 6.12. The summed E-state index contributed by atoms with van der Waals surface area (Å²) in [4.78, 5) is 0. The van der Waals surface area contributed by atoms with Crippen LogP contribution in [0.1, 0.15) is 12.0 Å². The van der Waals surface area contributed by atoms with Crippen LogP contribution in [0.25, 0.3) is 6.08 Å². The van der Waals surface area contributed by atoms with Crippen molar-refractivity contribution in [2.24, 2.45) is 0 Å². The fourth-order valence-corrected chi connectivity index (χ4v) is 2.57. The van der Waals surface area contributed by atoms with Gasteiger partial charge in [0.05, 0.1) is 0 Å². The van der Waals surface area contributed by atoms with Crippen molar-refractivity contribution in [1.82, 2.24) is 5.32 Å². The zero-order valence-corrected chi connectivity index (χ0v) is 10.6. The lowest BCUT2D eigenvalue weighted by atomic mass is 9.97. The van der Waals surface area contributed by atoms with E-state index in [1.807, 2.05) is 12.1 Å². The number of benzene rings is 1. The molecule has 3 aliphatic heterocycles. The van der Waals surface area contributed by atoms with Gasteiger partial charge in [0.15, 0.2) is 11.5 Å². The molecule has 1 aromatic carbocycles. The van der Waals surface area contributed by atoms with Crippen LogP contribution in [-0.2, 0) is 0 Å². The molecule has 0 saturated carbocycles. The number of ether oxygens (including phenoxy) is 3. The van der Waals surface area contributed by atoms with Crippen molar-refractivity contribution < 1.29 is 14.2 Å². The summed E-state index contributed by atoms with van der Waals surface area (Å²) in [6.45, 7) is 2.18. The summed E-state index contributed by atoms with van der Waals surface area (Å²) in [7, 11) is 0. The van der Waals surface area contributed by atoms with Crippen LogP contribution in [0.3, 0.4) is 0 Å². The van der Waals surface area contributed by atoms with Gasteiger partial charge in [-0.1, -0.05) is 6.08 Å². The third kappa shape index (κ3) is 1.64. The first kappa shape index (κ1) is 11.7. The second-order valence-corrected chi connectivity index (χ2v) is 4.67. The summed E-state index contributed by atoms with van der Waals surface area (Å²) in [6, 6.07) is 3.91. The normalized spacial score (nSPS) is 26.7. The first-order valence-electron chi connectivity index (χ1n) is 5.87. The Morgan fingerprint density at radius 2 is 1.94 bits per heavy atom. The number of nitrogens with one attached hydrogen (secondary N) is 1. The molecule has 1 saturated heterocycles. The van der Waals surface area contributed by atoms with E-state index in [0.717, 1.165) is 42.3 Å². The summed E-state index contributed by atoms with van der Waals surface area (Å²) < 4.78 is 16.9. The Bertz CT molecular complexity index is 509. The minimum atomic E-state index is -0.166. The third-order valence-corrected chi connectivity index (χ3v) is 3.53. The van der Waals surface area contributed by atoms with E-state index >= 15 is 0 Å². The number of halogens is 1. The van der Waals surface area contributed by atoms with Gasteiger partial charge in [-0.15, -0.1) is 12.4 Å². The molecule has 1 atom stereocenters. The van der Waals surface area contributed by atoms with Crippen LogP contribution in [0.2, 0.25) is 0 Å². The zero-order chi connectivity index (χ0) is 11.3. The molecule has 0 aliphatic carbocycles. The standard InChI is InChI=1S/C13H13NO3.ClH/c1-2-13(3-4-14-7-13)17-10-6-12-11(5-9(1)10)15-8-16-12;/h1-2,5-6,14H,3-4,7-8H2;1H. The van der Waals surface area contributed by atoms with Gasteiger partial charge in [-0.05, 0) is 18.7 Å². The lowest BCUT2D eigenvalue weighted by molar-refractivity contribution is 0.138. The first-order valence-corrected chi connectivity index (χ1v) is 5.87. The Morgan fingerprint density at radius 3 is 2.72 bits per heavy atom. The van der Waals surface area contributed by atoms with Crippen LogP contribution < -0.4 is 19.5 Å². The molecule has 4 nitrogen and oxygen atoms in total. The van der Waals surface area contributed by atoms with Gasteiger partial charge in [-0.3, -0.25) is 0 Å². The second kappa shape index (κ2) is 4.07. The Hall–Kier alpha value is -1.39. The van der Waals surface area contributed by atoms with Gasteiger partial charge in [0, 0.05) is 24.6 Å². The average Bonchev–Trinajstić information content (AvgIpc) is 2.95. The molecule has 1 unspecified atom stereocenters. The van der Waals surface area contributed by atoms with E-state index in [0.29, 0.717) is 6.79 Å². The summed E-state index contributed by atoms with van der Waals surface area (Å²) in [6.07, 6.45) is 5.28. The van der Waals surface area contributed by atoms with Crippen molar-refractivity contribution in [1.29, 1.82) is 0 Å². The predicted octanol–water partition coefficient (Wildman–Crippen LogP) is 1.97. The van der Waals surface area contributed by atoms with Gasteiger partial charge >= 0.3 is 0 Å². The van der Waals surface area contributed by atoms with Crippen LogP contribution >= 0.6 is 12.4 Å². The van der Waals surface area contributed by atoms with Crippen molar-refractivity contribution in [3.8, 4) is 17.2 Å². The molecule has 96 valence electrons. The summed E-state index contributed by atoms with van der Waals surface area (Å²) in [5.41, 5.74) is 0.896. The molecule has 0 bridgehead atoms. The Labute approximate surface area is 111 Å². The van der Waals surface area contributed by atoms with E-state index in [9.17, 15) is 0 Å². The zero-order valence-electron chi connectivity index (χ0n) is 9.77. The molecule has 1 aromatic rings. The Balaban J connectivity index is 0.000001000. The highest BCUT2D eigenvalue weighted by molar-refractivity contribution is 5.85. The van der Waals surface area contributed by atoms with E-state index in [1.165, 1.54) is 0 Å². The van der Waals surface area contributed by atoms with Gasteiger partial charge in [0.1, 0.15) is 11.4 Å². The maximum absolute atomic E-state index is 6.12. The SMILES string of the molecule is C1=CC2(CCNC2)Oc2cc3c(cc21)OCO3.Cl. The third-order valence-electron chi connectivity index (χ3n) is 3.53. The van der Waals surface area contributed by atoms with Crippen LogP contribution in [0, 0.1) is 0 Å². The summed E-state index contributed by atoms with van der Waals surface area (Å²) in [5.74, 6) is 2.47. The predicted molar refractivity (Wildman–Crippen MR) is 69.7 cm³/mol. The molecular weight excluding hydrogens is 254 g/mol. The van der Waals surface area contributed by atoms with E-state index < -0.39 is 0 Å². The number of fused-ring (bicyclic) bond motifs is 2. The number of hydrogen-bond acceptors (Lipinski definition) is 4. The maximum Gasteiger partial charge on any atom is 0.231 e. The van der Waals surface area contributed by atoms with Crippen molar-refractivity contribution in [2.75, 3.05) is 19.9 Å². The van der Waals surface area contributed by atoms with Gasteiger partial charge < -0.3 is 19.5 Å². The van der Waals surface area contributed by atoms with Gasteiger partial charge in [-0.2, -0.15) is 0 Å². The van der Waals surface area contributed by atoms with Crippen LogP contribution in [0.4, 0.5) is 0 Å². The molecule has 0 aromatic heterocycles. The van der Waals surface area contributed by atoms with E-state index in [4.69, 9.17) is 14.2 Å². The molecule has 1 N–H and O–H groups in total. The number of rotatable bonds is 0. The highest BCUT2D eigenvalue weighted by Crippen LogP contribution is 2.42. The summed E-state index contributed by atoms with van der Waals surface area (Å²) in [5, 5.41) is 3.33. The summed E-state index contributed by atoms with van der Waals surface area (Å²) >= 11 is 0. The molecule has 4 rings (SSSR count). The molecule has 18 heavy (non-hydrogen) atoms. The lowest BCUT2D eigenvalue weighted by Gasteiger charge is -2.30. The highest BCUT2D eigenvalue weighted by Gasteiger charge is 2.36. The lowest BCUT2D eigenvalue weighted by Crippen LogP contribution is -2.37. The molecular formula is C13H14ClNO3. The largest absolute Gasteiger partial charge is 0.481 e. The molecule has 5 heteroatoms. The minimum absolute atomic E-state index is 0. The Kier molecular flexibility index (Phi) is 2.64. The molecule has 0 amide bonds.